The molecule has 1 spiro atoms. The lowest BCUT2D eigenvalue weighted by atomic mass is 9.81. The van der Waals surface area contributed by atoms with E-state index < -0.39 is 17.7 Å². The molecule has 1 aromatic heterocycles. The smallest absolute Gasteiger partial charge is 0.407 e. The van der Waals surface area contributed by atoms with Crippen LogP contribution in [0.25, 0.3) is 10.1 Å². The van der Waals surface area contributed by atoms with E-state index in [4.69, 9.17) is 4.74 Å². The summed E-state index contributed by atoms with van der Waals surface area (Å²) >= 11 is 1.85. The van der Waals surface area contributed by atoms with Crippen LogP contribution in [0.15, 0.2) is 54.6 Å². The molecule has 8 nitrogen and oxygen atoms in total. The van der Waals surface area contributed by atoms with Gasteiger partial charge in [-0.05, 0) is 68.0 Å². The highest BCUT2D eigenvalue weighted by molar-refractivity contribution is 7.19. The van der Waals surface area contributed by atoms with E-state index in [1.807, 2.05) is 46.6 Å². The number of rotatable bonds is 11. The Kier molecular flexibility index (Phi) is 9.80. The lowest BCUT2D eigenvalue weighted by Crippen LogP contribution is -2.72. The van der Waals surface area contributed by atoms with Crippen molar-refractivity contribution < 1.29 is 19.1 Å². The first kappa shape index (κ1) is 30.0. The largest absolute Gasteiger partial charge is 0.445 e. The van der Waals surface area contributed by atoms with E-state index in [-0.39, 0.29) is 18.4 Å². The molecule has 5 rings (SSSR count). The van der Waals surface area contributed by atoms with Crippen LogP contribution in [0.3, 0.4) is 0 Å². The van der Waals surface area contributed by atoms with Gasteiger partial charge in [0.1, 0.15) is 18.2 Å². The highest BCUT2D eigenvalue weighted by Crippen LogP contribution is 2.36. The van der Waals surface area contributed by atoms with Crippen molar-refractivity contribution in [2.24, 2.45) is 0 Å². The molecule has 0 radical (unpaired) electrons. The van der Waals surface area contributed by atoms with Gasteiger partial charge in [-0.3, -0.25) is 14.5 Å². The van der Waals surface area contributed by atoms with Crippen LogP contribution in [0, 0.1) is 6.92 Å². The van der Waals surface area contributed by atoms with Gasteiger partial charge in [-0.2, -0.15) is 0 Å². The summed E-state index contributed by atoms with van der Waals surface area (Å²) in [5.41, 5.74) is 1.51. The van der Waals surface area contributed by atoms with Crippen molar-refractivity contribution in [2.45, 2.75) is 77.1 Å². The van der Waals surface area contributed by atoms with Crippen LogP contribution in [0.1, 0.15) is 61.5 Å². The fraction of sp³-hybridized carbons (Fsp3) is 0.485. The lowest BCUT2D eigenvalue weighted by molar-refractivity contribution is -0.161. The number of alkyl carbamates (subject to hydrolysis) is 1. The van der Waals surface area contributed by atoms with Gasteiger partial charge in [0.15, 0.2) is 0 Å². The van der Waals surface area contributed by atoms with Crippen LogP contribution < -0.4 is 10.6 Å². The number of carbonyl (C=O) groups excluding carboxylic acids is 3. The SMILES string of the molecule is CCCN1C(=O)[C@H](CCCCNC(=O)OCc2ccccc2)NC(=O)C12CCN(Cc1sc3ccccc3c1C)CC2. The Morgan fingerprint density at radius 1 is 1.07 bits per heavy atom. The summed E-state index contributed by atoms with van der Waals surface area (Å²) in [6, 6.07) is 17.6. The first-order valence-corrected chi connectivity index (χ1v) is 16.0. The minimum absolute atomic E-state index is 0.0131. The molecule has 3 aromatic rings. The molecule has 3 amide bonds. The molecule has 42 heavy (non-hydrogen) atoms. The normalized spacial score (nSPS) is 18.8. The van der Waals surface area contributed by atoms with E-state index in [0.29, 0.717) is 45.2 Å². The molecule has 2 saturated heterocycles. The first-order valence-electron chi connectivity index (χ1n) is 15.2. The summed E-state index contributed by atoms with van der Waals surface area (Å²) < 4.78 is 6.56. The minimum Gasteiger partial charge on any atom is -0.445 e. The third-order valence-electron chi connectivity index (χ3n) is 8.65. The maximum atomic E-state index is 13.7. The standard InChI is InChI=1S/C33H42N4O4S/c1-3-19-37-30(38)27(14-9-10-18-34-32(40)41-23-25-11-5-4-6-12-25)35-31(39)33(37)16-20-36(21-17-33)22-29-24(2)26-13-7-8-15-28(26)42-29/h4-8,11-13,15,27H,3,9-10,14,16-23H2,1-2H3,(H,34,40)(H,35,39)/t27-/m0/s1. The minimum atomic E-state index is -0.765. The molecule has 0 unspecified atom stereocenters. The zero-order valence-corrected chi connectivity index (χ0v) is 25.5. The molecule has 9 heteroatoms. The maximum absolute atomic E-state index is 13.7. The molecule has 3 heterocycles. The number of hydrogen-bond acceptors (Lipinski definition) is 6. The Balaban J connectivity index is 1.10. The Morgan fingerprint density at radius 3 is 2.55 bits per heavy atom. The molecule has 2 N–H and O–H groups in total. The number of aryl methyl sites for hydroxylation is 1. The third kappa shape index (κ3) is 6.63. The monoisotopic (exact) mass is 590 g/mol. The Morgan fingerprint density at radius 2 is 1.81 bits per heavy atom. The quantitative estimate of drug-likeness (QED) is 0.293. The van der Waals surface area contributed by atoms with Crippen molar-refractivity contribution in [3.8, 4) is 0 Å². The van der Waals surface area contributed by atoms with Crippen LogP contribution >= 0.6 is 11.3 Å². The molecule has 0 bridgehead atoms. The van der Waals surface area contributed by atoms with Gasteiger partial charge in [0, 0.05) is 42.3 Å². The Labute approximate surface area is 252 Å². The number of likely N-dealkylation sites (tertiary alicyclic amines) is 1. The molecular formula is C33H42N4O4S. The molecule has 2 aliphatic rings. The van der Waals surface area contributed by atoms with Crippen LogP contribution in [0.2, 0.25) is 0 Å². The topological polar surface area (TPSA) is 91.0 Å². The fourth-order valence-electron chi connectivity index (χ4n) is 6.21. The van der Waals surface area contributed by atoms with E-state index in [9.17, 15) is 14.4 Å². The number of nitrogens with one attached hydrogen (secondary N) is 2. The Hall–Kier alpha value is -3.43. The van der Waals surface area contributed by atoms with Crippen molar-refractivity contribution in [3.05, 3.63) is 70.6 Å². The number of amides is 3. The highest BCUT2D eigenvalue weighted by Gasteiger charge is 2.53. The predicted octanol–water partition coefficient (Wildman–Crippen LogP) is 5.38. The van der Waals surface area contributed by atoms with E-state index in [2.05, 4.69) is 53.6 Å². The second-order valence-electron chi connectivity index (χ2n) is 11.5. The number of carbonyl (C=O) groups is 3. The summed E-state index contributed by atoms with van der Waals surface area (Å²) in [5.74, 6) is 0.0151. The number of thiophene rings is 1. The lowest BCUT2D eigenvalue weighted by Gasteiger charge is -2.51. The van der Waals surface area contributed by atoms with Crippen LogP contribution in [0.4, 0.5) is 4.79 Å². The summed E-state index contributed by atoms with van der Waals surface area (Å²) in [6.07, 6.45) is 3.63. The van der Waals surface area contributed by atoms with Gasteiger partial charge in [0.2, 0.25) is 11.8 Å². The fourth-order valence-corrected chi connectivity index (χ4v) is 7.47. The summed E-state index contributed by atoms with van der Waals surface area (Å²) in [7, 11) is 0. The Bertz CT molecular complexity index is 1380. The maximum Gasteiger partial charge on any atom is 0.407 e. The van der Waals surface area contributed by atoms with E-state index in [1.54, 1.807) is 0 Å². The van der Waals surface area contributed by atoms with Gasteiger partial charge in [-0.1, -0.05) is 55.5 Å². The molecule has 0 aliphatic carbocycles. The number of hydrogen-bond donors (Lipinski definition) is 2. The van der Waals surface area contributed by atoms with Gasteiger partial charge in [0.25, 0.3) is 0 Å². The third-order valence-corrected chi connectivity index (χ3v) is 9.91. The summed E-state index contributed by atoms with van der Waals surface area (Å²) in [6.45, 7) is 7.98. The van der Waals surface area contributed by atoms with E-state index in [0.717, 1.165) is 31.6 Å². The second kappa shape index (κ2) is 13.7. The van der Waals surface area contributed by atoms with Crippen LogP contribution in [-0.2, 0) is 27.5 Å². The predicted molar refractivity (Wildman–Crippen MR) is 166 cm³/mol. The number of nitrogens with zero attached hydrogens (tertiary/aromatic N) is 2. The van der Waals surface area contributed by atoms with E-state index in [1.165, 1.54) is 20.5 Å². The van der Waals surface area contributed by atoms with Crippen molar-refractivity contribution in [3.63, 3.8) is 0 Å². The molecular weight excluding hydrogens is 548 g/mol. The molecule has 224 valence electrons. The number of ether oxygens (including phenoxy) is 1. The molecule has 2 aliphatic heterocycles. The summed E-state index contributed by atoms with van der Waals surface area (Å²) in [4.78, 5) is 45.0. The van der Waals surface area contributed by atoms with Crippen molar-refractivity contribution >= 4 is 39.3 Å². The van der Waals surface area contributed by atoms with Gasteiger partial charge in [-0.15, -0.1) is 11.3 Å². The molecule has 2 fully saturated rings. The molecule has 0 saturated carbocycles. The first-order chi connectivity index (χ1) is 20.4. The highest BCUT2D eigenvalue weighted by atomic mass is 32.1. The number of piperidine rings is 1. The number of unbranched alkanes of at least 4 members (excludes halogenated alkanes) is 1. The van der Waals surface area contributed by atoms with Gasteiger partial charge in [0.05, 0.1) is 0 Å². The average Bonchev–Trinajstić information content (AvgIpc) is 3.32. The average molecular weight is 591 g/mol. The van der Waals surface area contributed by atoms with Crippen LogP contribution in [0.5, 0.6) is 0 Å². The van der Waals surface area contributed by atoms with E-state index >= 15 is 0 Å². The van der Waals surface area contributed by atoms with Gasteiger partial charge < -0.3 is 20.3 Å². The van der Waals surface area contributed by atoms with Crippen molar-refractivity contribution in [1.29, 1.82) is 0 Å². The van der Waals surface area contributed by atoms with Gasteiger partial charge in [-0.25, -0.2) is 4.79 Å². The second-order valence-corrected chi connectivity index (χ2v) is 12.6. The zero-order valence-electron chi connectivity index (χ0n) is 24.7. The van der Waals surface area contributed by atoms with Crippen molar-refractivity contribution in [2.75, 3.05) is 26.2 Å². The molecule has 1 atom stereocenters. The number of piperazine rings is 1. The zero-order chi connectivity index (χ0) is 29.5. The number of benzene rings is 2. The van der Waals surface area contributed by atoms with Crippen LogP contribution in [-0.4, -0.2) is 65.5 Å². The summed E-state index contributed by atoms with van der Waals surface area (Å²) in [5, 5.41) is 7.18. The number of fused-ring (bicyclic) bond motifs is 1. The van der Waals surface area contributed by atoms with Crippen molar-refractivity contribution in [1.82, 2.24) is 20.4 Å². The van der Waals surface area contributed by atoms with Gasteiger partial charge >= 0.3 is 6.09 Å². The molecule has 2 aromatic carbocycles.